The highest BCUT2D eigenvalue weighted by Crippen LogP contribution is 2.26. The maximum Gasteiger partial charge on any atom is 0.0986 e. The van der Waals surface area contributed by atoms with Gasteiger partial charge in [-0.2, -0.15) is 0 Å². The number of likely N-dealkylation sites (N-methyl/N-ethyl adjacent to an activating group) is 1. The molecular formula is C12H25NO4. The van der Waals surface area contributed by atoms with Gasteiger partial charge >= 0.3 is 0 Å². The first kappa shape index (κ1) is 14.9. The van der Waals surface area contributed by atoms with E-state index in [1.807, 2.05) is 0 Å². The fraction of sp³-hybridized carbons (Fsp3) is 1.00. The van der Waals surface area contributed by atoms with E-state index in [1.165, 1.54) is 0 Å². The highest BCUT2D eigenvalue weighted by atomic mass is 16.6. The lowest BCUT2D eigenvalue weighted by molar-refractivity contribution is -0.140. The van der Waals surface area contributed by atoms with Crippen LogP contribution in [0.25, 0.3) is 0 Å². The summed E-state index contributed by atoms with van der Waals surface area (Å²) in [5, 5.41) is 3.38. The van der Waals surface area contributed by atoms with Gasteiger partial charge in [0, 0.05) is 20.3 Å². The minimum absolute atomic E-state index is 0.175. The molecule has 3 unspecified atom stereocenters. The predicted octanol–water partition coefficient (Wildman–Crippen LogP) is 0.431. The van der Waals surface area contributed by atoms with E-state index < -0.39 is 0 Å². The summed E-state index contributed by atoms with van der Waals surface area (Å²) in [5.74, 6) is 0. The first-order chi connectivity index (χ1) is 8.33. The molecule has 5 heteroatoms. The summed E-state index contributed by atoms with van der Waals surface area (Å²) in [5.41, 5.74) is 0. The van der Waals surface area contributed by atoms with E-state index in [1.54, 1.807) is 14.2 Å². The van der Waals surface area contributed by atoms with Crippen LogP contribution in [0, 0.1) is 0 Å². The largest absolute Gasteiger partial charge is 0.382 e. The number of rotatable bonds is 10. The van der Waals surface area contributed by atoms with Crippen LogP contribution < -0.4 is 5.32 Å². The van der Waals surface area contributed by atoms with E-state index in [9.17, 15) is 0 Å². The summed E-state index contributed by atoms with van der Waals surface area (Å²) in [6.07, 6.45) is 1.40. The molecule has 17 heavy (non-hydrogen) atoms. The van der Waals surface area contributed by atoms with Crippen molar-refractivity contribution in [2.24, 2.45) is 0 Å². The van der Waals surface area contributed by atoms with Gasteiger partial charge in [0.25, 0.3) is 0 Å². The molecule has 1 N–H and O–H groups in total. The van der Waals surface area contributed by atoms with Crippen LogP contribution in [0.2, 0.25) is 0 Å². The lowest BCUT2D eigenvalue weighted by Crippen LogP contribution is -2.59. The maximum absolute atomic E-state index is 5.71. The lowest BCUT2D eigenvalue weighted by Gasteiger charge is -2.43. The molecule has 0 radical (unpaired) electrons. The van der Waals surface area contributed by atoms with Gasteiger partial charge in [0.15, 0.2) is 0 Å². The summed E-state index contributed by atoms with van der Waals surface area (Å²) in [4.78, 5) is 0. The summed E-state index contributed by atoms with van der Waals surface area (Å²) in [7, 11) is 3.40. The minimum atomic E-state index is 0.175. The van der Waals surface area contributed by atoms with E-state index in [0.717, 1.165) is 13.0 Å². The molecule has 0 bridgehead atoms. The number of nitrogens with one attached hydrogen (secondary N) is 1. The molecule has 0 aliphatic heterocycles. The topological polar surface area (TPSA) is 49.0 Å². The lowest BCUT2D eigenvalue weighted by atomic mass is 9.85. The zero-order valence-corrected chi connectivity index (χ0v) is 11.1. The SMILES string of the molecule is CCNC1CC(OCCOCCOC)C1OC. The number of methoxy groups -OCH3 is 2. The average molecular weight is 247 g/mol. The second-order valence-corrected chi connectivity index (χ2v) is 4.11. The second kappa shape index (κ2) is 8.83. The molecule has 3 atom stereocenters. The summed E-state index contributed by atoms with van der Waals surface area (Å²) in [6, 6.07) is 0.435. The van der Waals surface area contributed by atoms with E-state index >= 15 is 0 Å². The molecular weight excluding hydrogens is 222 g/mol. The van der Waals surface area contributed by atoms with Crippen molar-refractivity contribution in [3.8, 4) is 0 Å². The second-order valence-electron chi connectivity index (χ2n) is 4.11. The van der Waals surface area contributed by atoms with Crippen LogP contribution in [-0.4, -0.2) is 65.4 Å². The third-order valence-electron chi connectivity index (χ3n) is 2.98. The Balaban J connectivity index is 2.00. The van der Waals surface area contributed by atoms with Crippen molar-refractivity contribution in [3.63, 3.8) is 0 Å². The van der Waals surface area contributed by atoms with Crippen LogP contribution in [0.4, 0.5) is 0 Å². The van der Waals surface area contributed by atoms with Gasteiger partial charge in [-0.1, -0.05) is 6.92 Å². The third kappa shape index (κ3) is 4.89. The van der Waals surface area contributed by atoms with Gasteiger partial charge in [0.2, 0.25) is 0 Å². The van der Waals surface area contributed by atoms with Gasteiger partial charge in [-0.05, 0) is 13.0 Å². The number of hydrogen-bond acceptors (Lipinski definition) is 5. The molecule has 0 aromatic carbocycles. The van der Waals surface area contributed by atoms with Gasteiger partial charge in [0.05, 0.1) is 38.6 Å². The Morgan fingerprint density at radius 3 is 2.53 bits per heavy atom. The van der Waals surface area contributed by atoms with Crippen molar-refractivity contribution in [2.75, 3.05) is 47.2 Å². The molecule has 5 nitrogen and oxygen atoms in total. The van der Waals surface area contributed by atoms with Crippen LogP contribution in [0.1, 0.15) is 13.3 Å². The van der Waals surface area contributed by atoms with Crippen LogP contribution >= 0.6 is 0 Å². The highest BCUT2D eigenvalue weighted by molar-refractivity contribution is 4.96. The van der Waals surface area contributed by atoms with E-state index in [-0.39, 0.29) is 12.2 Å². The normalized spacial score (nSPS) is 28.1. The molecule has 0 aromatic heterocycles. The summed E-state index contributed by atoms with van der Waals surface area (Å²) in [6.45, 7) is 5.56. The Morgan fingerprint density at radius 1 is 1.12 bits per heavy atom. The fourth-order valence-corrected chi connectivity index (χ4v) is 2.03. The van der Waals surface area contributed by atoms with Gasteiger partial charge in [-0.25, -0.2) is 0 Å². The van der Waals surface area contributed by atoms with Gasteiger partial charge < -0.3 is 24.3 Å². The predicted molar refractivity (Wildman–Crippen MR) is 65.3 cm³/mol. The Hall–Kier alpha value is -0.200. The molecule has 102 valence electrons. The Morgan fingerprint density at radius 2 is 1.88 bits per heavy atom. The Bertz CT molecular complexity index is 191. The molecule has 1 fully saturated rings. The molecule has 0 aromatic rings. The van der Waals surface area contributed by atoms with Crippen molar-refractivity contribution in [1.29, 1.82) is 0 Å². The molecule has 0 saturated heterocycles. The molecule has 1 rings (SSSR count). The standard InChI is InChI=1S/C12H25NO4/c1-4-13-10-9-11(12(10)15-3)17-8-7-16-6-5-14-2/h10-13H,4-9H2,1-3H3. The monoisotopic (exact) mass is 247 g/mol. The minimum Gasteiger partial charge on any atom is -0.382 e. The highest BCUT2D eigenvalue weighted by Gasteiger charge is 2.41. The van der Waals surface area contributed by atoms with E-state index in [2.05, 4.69) is 12.2 Å². The Kier molecular flexibility index (Phi) is 7.72. The summed E-state index contributed by atoms with van der Waals surface area (Å²) < 4.78 is 21.3. The quantitative estimate of drug-likeness (QED) is 0.567. The zero-order chi connectivity index (χ0) is 12.5. The third-order valence-corrected chi connectivity index (χ3v) is 2.98. The fourth-order valence-electron chi connectivity index (χ4n) is 2.03. The summed E-state index contributed by atoms with van der Waals surface area (Å²) >= 11 is 0. The van der Waals surface area contributed by atoms with Crippen LogP contribution in [0.15, 0.2) is 0 Å². The zero-order valence-electron chi connectivity index (χ0n) is 11.1. The van der Waals surface area contributed by atoms with Crippen molar-refractivity contribution in [3.05, 3.63) is 0 Å². The molecule has 0 amide bonds. The number of ether oxygens (including phenoxy) is 4. The van der Waals surface area contributed by atoms with Gasteiger partial charge in [-0.3, -0.25) is 0 Å². The van der Waals surface area contributed by atoms with E-state index in [0.29, 0.717) is 32.5 Å². The van der Waals surface area contributed by atoms with Crippen molar-refractivity contribution >= 4 is 0 Å². The van der Waals surface area contributed by atoms with Crippen molar-refractivity contribution in [2.45, 2.75) is 31.6 Å². The smallest absolute Gasteiger partial charge is 0.0986 e. The van der Waals surface area contributed by atoms with Gasteiger partial charge in [-0.15, -0.1) is 0 Å². The van der Waals surface area contributed by atoms with Crippen LogP contribution in [0.5, 0.6) is 0 Å². The van der Waals surface area contributed by atoms with Crippen LogP contribution in [-0.2, 0) is 18.9 Å². The molecule has 1 aliphatic carbocycles. The van der Waals surface area contributed by atoms with Crippen molar-refractivity contribution in [1.82, 2.24) is 5.32 Å². The van der Waals surface area contributed by atoms with Crippen molar-refractivity contribution < 1.29 is 18.9 Å². The maximum atomic E-state index is 5.71. The molecule has 1 saturated carbocycles. The van der Waals surface area contributed by atoms with E-state index in [4.69, 9.17) is 18.9 Å². The first-order valence-corrected chi connectivity index (χ1v) is 6.28. The average Bonchev–Trinajstić information content (AvgIpc) is 2.31. The number of hydrogen-bond donors (Lipinski definition) is 1. The molecule has 0 spiro atoms. The molecule has 0 heterocycles. The first-order valence-electron chi connectivity index (χ1n) is 6.28. The Labute approximate surface area is 104 Å². The van der Waals surface area contributed by atoms with Gasteiger partial charge in [0.1, 0.15) is 0 Å². The van der Waals surface area contributed by atoms with Crippen LogP contribution in [0.3, 0.4) is 0 Å². The molecule has 1 aliphatic rings.